The molecule has 126 valence electrons. The van der Waals surface area contributed by atoms with E-state index >= 15 is 0 Å². The molecule has 2 rings (SSSR count). The molecule has 0 saturated heterocycles. The summed E-state index contributed by atoms with van der Waals surface area (Å²) in [6.07, 6.45) is 0. The van der Waals surface area contributed by atoms with E-state index in [0.717, 1.165) is 11.1 Å². The first-order valence-electron chi connectivity index (χ1n) is 7.39. The summed E-state index contributed by atoms with van der Waals surface area (Å²) in [5, 5.41) is 0.636. The van der Waals surface area contributed by atoms with E-state index in [0.29, 0.717) is 17.3 Å². The second-order valence-electron chi connectivity index (χ2n) is 5.49. The molecule has 0 bridgehead atoms. The molecule has 6 heteroatoms. The van der Waals surface area contributed by atoms with Crippen LogP contribution in [0.2, 0.25) is 5.02 Å². The number of anilines is 1. The number of aryl methyl sites for hydroxylation is 1. The third kappa shape index (κ3) is 4.49. The highest BCUT2D eigenvalue weighted by Gasteiger charge is 2.16. The zero-order valence-electron chi connectivity index (χ0n) is 13.6. The predicted octanol–water partition coefficient (Wildman–Crippen LogP) is 3.05. The molecule has 0 aliphatic carbocycles. The number of halogens is 1. The van der Waals surface area contributed by atoms with Crippen molar-refractivity contribution in [1.29, 1.82) is 0 Å². The van der Waals surface area contributed by atoms with Crippen LogP contribution in [-0.2, 0) is 16.1 Å². The maximum absolute atomic E-state index is 12.1. The SMILES string of the molecule is Cc1cccc(C(=O)OCC(=O)N(C)Cc2ccc(Cl)cc2)c1N. The van der Waals surface area contributed by atoms with Gasteiger partial charge in [0.25, 0.3) is 5.91 Å². The minimum Gasteiger partial charge on any atom is -0.452 e. The first-order chi connectivity index (χ1) is 11.4. The second kappa shape index (κ2) is 7.84. The van der Waals surface area contributed by atoms with Crippen LogP contribution in [0.1, 0.15) is 21.5 Å². The van der Waals surface area contributed by atoms with Crippen molar-refractivity contribution in [2.45, 2.75) is 13.5 Å². The number of nitrogens with zero attached hydrogens (tertiary/aromatic N) is 1. The number of ether oxygens (including phenoxy) is 1. The molecule has 2 aromatic carbocycles. The first kappa shape index (κ1) is 17.8. The fourth-order valence-corrected chi connectivity index (χ4v) is 2.25. The van der Waals surface area contributed by atoms with E-state index < -0.39 is 5.97 Å². The maximum atomic E-state index is 12.1. The lowest BCUT2D eigenvalue weighted by molar-refractivity contribution is -0.133. The summed E-state index contributed by atoms with van der Waals surface area (Å²) < 4.78 is 5.07. The summed E-state index contributed by atoms with van der Waals surface area (Å²) in [5.41, 5.74) is 8.21. The predicted molar refractivity (Wildman–Crippen MR) is 93.8 cm³/mol. The Balaban J connectivity index is 1.91. The van der Waals surface area contributed by atoms with E-state index in [1.54, 1.807) is 44.3 Å². The second-order valence-corrected chi connectivity index (χ2v) is 5.92. The summed E-state index contributed by atoms with van der Waals surface area (Å²) in [5.74, 6) is -0.908. The largest absolute Gasteiger partial charge is 0.452 e. The summed E-state index contributed by atoms with van der Waals surface area (Å²) in [6, 6.07) is 12.3. The van der Waals surface area contributed by atoms with E-state index in [1.165, 1.54) is 4.90 Å². The van der Waals surface area contributed by atoms with Gasteiger partial charge in [-0.2, -0.15) is 0 Å². The standard InChI is InChI=1S/C18H19ClN2O3/c1-12-4-3-5-15(17(12)20)18(23)24-11-16(22)21(2)10-13-6-8-14(19)9-7-13/h3-9H,10-11,20H2,1-2H3. The Bertz CT molecular complexity index is 744. The molecule has 0 aromatic heterocycles. The van der Waals surface area contributed by atoms with E-state index in [1.807, 2.05) is 12.1 Å². The molecule has 2 N–H and O–H groups in total. The molecule has 5 nitrogen and oxygen atoms in total. The van der Waals surface area contributed by atoms with Gasteiger partial charge in [0, 0.05) is 24.3 Å². The number of rotatable bonds is 5. The molecule has 0 spiro atoms. The Kier molecular flexibility index (Phi) is 5.82. The zero-order valence-corrected chi connectivity index (χ0v) is 14.3. The molecule has 0 fully saturated rings. The highest BCUT2D eigenvalue weighted by molar-refractivity contribution is 6.30. The van der Waals surface area contributed by atoms with Crippen LogP contribution in [0, 0.1) is 6.92 Å². The van der Waals surface area contributed by atoms with E-state index in [2.05, 4.69) is 0 Å². The van der Waals surface area contributed by atoms with Crippen molar-refractivity contribution < 1.29 is 14.3 Å². The fraction of sp³-hybridized carbons (Fsp3) is 0.222. The molecule has 0 aliphatic heterocycles. The van der Waals surface area contributed by atoms with Gasteiger partial charge in [-0.1, -0.05) is 35.9 Å². The number of nitrogen functional groups attached to an aromatic ring is 1. The molecule has 0 heterocycles. The number of esters is 1. The normalized spacial score (nSPS) is 10.3. The molecule has 0 radical (unpaired) electrons. The number of carbonyl (C=O) groups is 2. The smallest absolute Gasteiger partial charge is 0.340 e. The van der Waals surface area contributed by atoms with Crippen molar-refractivity contribution in [2.75, 3.05) is 19.4 Å². The van der Waals surface area contributed by atoms with Crippen molar-refractivity contribution in [3.05, 3.63) is 64.2 Å². The minimum atomic E-state index is -0.607. The Labute approximate surface area is 146 Å². The lowest BCUT2D eigenvalue weighted by Gasteiger charge is -2.17. The van der Waals surface area contributed by atoms with Gasteiger partial charge in [0.2, 0.25) is 0 Å². The lowest BCUT2D eigenvalue weighted by atomic mass is 10.1. The van der Waals surface area contributed by atoms with Gasteiger partial charge in [-0.05, 0) is 36.2 Å². The van der Waals surface area contributed by atoms with Gasteiger partial charge in [-0.3, -0.25) is 4.79 Å². The number of carbonyl (C=O) groups excluding carboxylic acids is 2. The molecule has 0 aliphatic rings. The highest BCUT2D eigenvalue weighted by Crippen LogP contribution is 2.17. The van der Waals surface area contributed by atoms with Crippen molar-refractivity contribution >= 4 is 29.2 Å². The Morgan fingerprint density at radius 3 is 2.50 bits per heavy atom. The van der Waals surface area contributed by atoms with Gasteiger partial charge in [0.1, 0.15) is 0 Å². The maximum Gasteiger partial charge on any atom is 0.340 e. The van der Waals surface area contributed by atoms with Gasteiger partial charge in [0.15, 0.2) is 6.61 Å². The molecule has 0 unspecified atom stereocenters. The van der Waals surface area contributed by atoms with E-state index in [9.17, 15) is 9.59 Å². The van der Waals surface area contributed by atoms with Crippen molar-refractivity contribution in [2.24, 2.45) is 0 Å². The number of para-hydroxylation sites is 1. The van der Waals surface area contributed by atoms with Gasteiger partial charge in [-0.15, -0.1) is 0 Å². The Hall–Kier alpha value is -2.53. The van der Waals surface area contributed by atoms with Crippen molar-refractivity contribution in [3.63, 3.8) is 0 Å². The van der Waals surface area contributed by atoms with Crippen LogP contribution in [0.4, 0.5) is 5.69 Å². The van der Waals surface area contributed by atoms with Gasteiger partial charge in [0.05, 0.1) is 5.56 Å². The summed E-state index contributed by atoms with van der Waals surface area (Å²) in [6.45, 7) is 1.87. The molecule has 2 aromatic rings. The summed E-state index contributed by atoms with van der Waals surface area (Å²) in [4.78, 5) is 25.6. The molecular weight excluding hydrogens is 328 g/mol. The van der Waals surface area contributed by atoms with Crippen LogP contribution in [0.25, 0.3) is 0 Å². The highest BCUT2D eigenvalue weighted by atomic mass is 35.5. The van der Waals surface area contributed by atoms with Crippen molar-refractivity contribution in [1.82, 2.24) is 4.90 Å². The third-order valence-electron chi connectivity index (χ3n) is 3.63. The average Bonchev–Trinajstić information content (AvgIpc) is 2.56. The van der Waals surface area contributed by atoms with Gasteiger partial charge in [-0.25, -0.2) is 4.79 Å². The Morgan fingerprint density at radius 1 is 1.17 bits per heavy atom. The minimum absolute atomic E-state index is 0.267. The topological polar surface area (TPSA) is 72.6 Å². The first-order valence-corrected chi connectivity index (χ1v) is 7.77. The monoisotopic (exact) mass is 346 g/mol. The van der Waals surface area contributed by atoms with E-state index in [4.69, 9.17) is 22.1 Å². The van der Waals surface area contributed by atoms with Crippen LogP contribution in [-0.4, -0.2) is 30.4 Å². The van der Waals surface area contributed by atoms with Crippen LogP contribution < -0.4 is 5.73 Å². The number of hydrogen-bond donors (Lipinski definition) is 1. The van der Waals surface area contributed by atoms with Gasteiger partial charge >= 0.3 is 5.97 Å². The van der Waals surface area contributed by atoms with Crippen LogP contribution in [0.15, 0.2) is 42.5 Å². The van der Waals surface area contributed by atoms with Crippen LogP contribution >= 0.6 is 11.6 Å². The molecule has 1 amide bonds. The fourth-order valence-electron chi connectivity index (χ4n) is 2.13. The van der Waals surface area contributed by atoms with E-state index in [-0.39, 0.29) is 18.1 Å². The average molecular weight is 347 g/mol. The zero-order chi connectivity index (χ0) is 17.7. The Morgan fingerprint density at radius 2 is 1.83 bits per heavy atom. The quantitative estimate of drug-likeness (QED) is 0.667. The van der Waals surface area contributed by atoms with Crippen molar-refractivity contribution in [3.8, 4) is 0 Å². The molecule has 24 heavy (non-hydrogen) atoms. The number of likely N-dealkylation sites (N-methyl/N-ethyl adjacent to an activating group) is 1. The summed E-state index contributed by atoms with van der Waals surface area (Å²) >= 11 is 5.83. The number of nitrogens with two attached hydrogens (primary N) is 1. The molecule has 0 saturated carbocycles. The number of amides is 1. The lowest BCUT2D eigenvalue weighted by Crippen LogP contribution is -2.30. The third-order valence-corrected chi connectivity index (χ3v) is 3.88. The molecule has 0 atom stereocenters. The summed E-state index contributed by atoms with van der Waals surface area (Å²) in [7, 11) is 1.64. The van der Waals surface area contributed by atoms with Crippen LogP contribution in [0.5, 0.6) is 0 Å². The number of hydrogen-bond acceptors (Lipinski definition) is 4. The number of benzene rings is 2. The van der Waals surface area contributed by atoms with Crippen LogP contribution in [0.3, 0.4) is 0 Å². The van der Waals surface area contributed by atoms with Gasteiger partial charge < -0.3 is 15.4 Å². The molecular formula is C18H19ClN2O3.